The lowest BCUT2D eigenvalue weighted by atomic mass is 9.92. The highest BCUT2D eigenvalue weighted by atomic mass is 35.5. The molecule has 1 saturated heterocycles. The summed E-state index contributed by atoms with van der Waals surface area (Å²) >= 11 is 12.6. The van der Waals surface area contributed by atoms with Crippen molar-refractivity contribution in [2.45, 2.75) is 72.1 Å². The Kier molecular flexibility index (Phi) is 12.9. The van der Waals surface area contributed by atoms with Crippen molar-refractivity contribution in [3.8, 4) is 5.75 Å². The normalized spacial score (nSPS) is 17.0. The van der Waals surface area contributed by atoms with Crippen molar-refractivity contribution in [3.63, 3.8) is 0 Å². The van der Waals surface area contributed by atoms with Crippen molar-refractivity contribution in [2.24, 2.45) is 11.8 Å². The fourth-order valence-electron chi connectivity index (χ4n) is 6.14. The molecule has 2 aromatic rings. The van der Waals surface area contributed by atoms with E-state index in [1.54, 1.807) is 0 Å². The topological polar surface area (TPSA) is 62.3 Å². The van der Waals surface area contributed by atoms with Crippen molar-refractivity contribution >= 4 is 46.6 Å². The molecule has 2 aromatic carbocycles. The Balaban J connectivity index is 1.19. The monoisotopic (exact) mass is 631 g/mol. The lowest BCUT2D eigenvalue weighted by Crippen LogP contribution is -2.46. The standard InChI is InChI=1S/C34H47Cl2N3O4/c1-4-8-25(2)23-26(3)15-22-43-34(41)39-31-24-28(13-11-27(31)12-14-32(39)40)42-21-6-5-16-37-17-19-38(20-18-37)30-10-7-9-29(35)33(30)36/h7,9-11,13,24-26H,4-6,8,12,14-23H2,1-3H3. The van der Waals surface area contributed by atoms with Crippen LogP contribution in [-0.2, 0) is 16.0 Å². The Morgan fingerprint density at radius 2 is 1.70 bits per heavy atom. The molecule has 9 heteroatoms. The highest BCUT2D eigenvalue weighted by molar-refractivity contribution is 6.43. The first kappa shape index (κ1) is 33.4. The van der Waals surface area contributed by atoms with Crippen LogP contribution in [0.15, 0.2) is 36.4 Å². The van der Waals surface area contributed by atoms with Gasteiger partial charge in [-0.3, -0.25) is 9.69 Å². The Bertz CT molecular complexity index is 1220. The number of halogens is 2. The molecule has 43 heavy (non-hydrogen) atoms. The maximum atomic E-state index is 13.0. The number of piperazine rings is 1. The molecule has 0 radical (unpaired) electrons. The van der Waals surface area contributed by atoms with Crippen LogP contribution in [0.3, 0.4) is 0 Å². The molecule has 2 aliphatic heterocycles. The zero-order valence-corrected chi connectivity index (χ0v) is 27.5. The summed E-state index contributed by atoms with van der Waals surface area (Å²) < 4.78 is 11.6. The summed E-state index contributed by atoms with van der Waals surface area (Å²) in [6.45, 7) is 12.4. The Morgan fingerprint density at radius 3 is 2.47 bits per heavy atom. The van der Waals surface area contributed by atoms with Crippen LogP contribution in [-0.4, -0.2) is 62.8 Å². The molecule has 236 valence electrons. The van der Waals surface area contributed by atoms with E-state index in [2.05, 4.69) is 30.6 Å². The molecule has 4 rings (SSSR count). The van der Waals surface area contributed by atoms with Crippen LogP contribution in [0.1, 0.15) is 71.3 Å². The number of unbranched alkanes of at least 4 members (excludes halogenated alkanes) is 1. The van der Waals surface area contributed by atoms with Gasteiger partial charge in [0.1, 0.15) is 5.75 Å². The number of hydrogen-bond donors (Lipinski definition) is 0. The van der Waals surface area contributed by atoms with Gasteiger partial charge < -0.3 is 14.4 Å². The number of nitrogens with zero attached hydrogens (tertiary/aromatic N) is 3. The molecule has 1 fully saturated rings. The average molecular weight is 633 g/mol. The Labute approximate surface area is 267 Å². The second-order valence-electron chi connectivity index (χ2n) is 12.1. The van der Waals surface area contributed by atoms with Crippen molar-refractivity contribution < 1.29 is 19.1 Å². The zero-order valence-electron chi connectivity index (χ0n) is 26.0. The van der Waals surface area contributed by atoms with Gasteiger partial charge in [-0.2, -0.15) is 0 Å². The third kappa shape index (κ3) is 9.50. The van der Waals surface area contributed by atoms with Gasteiger partial charge >= 0.3 is 6.09 Å². The SMILES string of the molecule is CCCC(C)CC(C)CCOC(=O)N1C(=O)CCc2ccc(OCCCCN3CCN(c4cccc(Cl)c4Cl)CC3)cc21. The first-order valence-corrected chi connectivity index (χ1v) is 16.7. The van der Waals surface area contributed by atoms with Crippen molar-refractivity contribution in [3.05, 3.63) is 52.0 Å². The molecule has 2 aliphatic rings. The molecule has 2 atom stereocenters. The van der Waals surface area contributed by atoms with E-state index in [4.69, 9.17) is 32.7 Å². The predicted molar refractivity (Wildman–Crippen MR) is 176 cm³/mol. The van der Waals surface area contributed by atoms with E-state index in [0.29, 0.717) is 59.4 Å². The molecule has 0 spiro atoms. The average Bonchev–Trinajstić information content (AvgIpc) is 2.98. The highest BCUT2D eigenvalue weighted by Crippen LogP contribution is 2.34. The summed E-state index contributed by atoms with van der Waals surface area (Å²) in [4.78, 5) is 31.7. The summed E-state index contributed by atoms with van der Waals surface area (Å²) in [5.41, 5.74) is 2.55. The van der Waals surface area contributed by atoms with E-state index < -0.39 is 6.09 Å². The van der Waals surface area contributed by atoms with Crippen molar-refractivity contribution in [1.82, 2.24) is 4.90 Å². The van der Waals surface area contributed by atoms with Crippen LogP contribution >= 0.6 is 23.2 Å². The first-order chi connectivity index (χ1) is 20.8. The number of hydrogen-bond acceptors (Lipinski definition) is 6. The molecule has 0 aromatic heterocycles. The summed E-state index contributed by atoms with van der Waals surface area (Å²) in [5, 5.41) is 1.21. The van der Waals surface area contributed by atoms with Gasteiger partial charge in [-0.05, 0) is 74.2 Å². The summed E-state index contributed by atoms with van der Waals surface area (Å²) in [5.74, 6) is 1.57. The number of anilines is 2. The zero-order chi connectivity index (χ0) is 30.8. The van der Waals surface area contributed by atoms with Crippen LogP contribution in [0.25, 0.3) is 0 Å². The van der Waals surface area contributed by atoms with E-state index in [1.807, 2.05) is 36.4 Å². The second kappa shape index (κ2) is 16.6. The molecule has 2 heterocycles. The third-order valence-corrected chi connectivity index (χ3v) is 9.35. The molecular weight excluding hydrogens is 585 g/mol. The van der Waals surface area contributed by atoms with E-state index >= 15 is 0 Å². The van der Waals surface area contributed by atoms with Crippen LogP contribution < -0.4 is 14.5 Å². The number of aryl methyl sites for hydroxylation is 1. The van der Waals surface area contributed by atoms with Crippen LogP contribution in [0.2, 0.25) is 10.0 Å². The number of rotatable bonds is 14. The number of imide groups is 1. The number of fused-ring (bicyclic) bond motifs is 1. The number of amides is 2. The minimum absolute atomic E-state index is 0.225. The molecule has 7 nitrogen and oxygen atoms in total. The third-order valence-electron chi connectivity index (χ3n) is 8.54. The molecule has 0 bridgehead atoms. The van der Waals surface area contributed by atoms with Crippen molar-refractivity contribution in [1.29, 1.82) is 0 Å². The van der Waals surface area contributed by atoms with E-state index in [-0.39, 0.29) is 5.91 Å². The number of ether oxygens (including phenoxy) is 2. The first-order valence-electron chi connectivity index (χ1n) is 15.9. The lowest BCUT2D eigenvalue weighted by Gasteiger charge is -2.36. The van der Waals surface area contributed by atoms with Gasteiger partial charge in [-0.25, -0.2) is 9.69 Å². The smallest absolute Gasteiger partial charge is 0.421 e. The largest absolute Gasteiger partial charge is 0.494 e. The van der Waals surface area contributed by atoms with Crippen LogP contribution in [0, 0.1) is 11.8 Å². The van der Waals surface area contributed by atoms with E-state index in [9.17, 15) is 9.59 Å². The fourth-order valence-corrected chi connectivity index (χ4v) is 6.56. The quantitative estimate of drug-likeness (QED) is 0.196. The molecular formula is C34H47Cl2N3O4. The van der Waals surface area contributed by atoms with E-state index in [0.717, 1.165) is 69.7 Å². The number of carbonyl (C=O) groups is 2. The van der Waals surface area contributed by atoms with Crippen LogP contribution in [0.4, 0.5) is 16.2 Å². The molecule has 2 unspecified atom stereocenters. The molecule has 2 amide bonds. The predicted octanol–water partition coefficient (Wildman–Crippen LogP) is 8.24. The Hall–Kier alpha value is -2.48. The van der Waals surface area contributed by atoms with Gasteiger partial charge in [0.15, 0.2) is 0 Å². The van der Waals surface area contributed by atoms with Gasteiger partial charge in [0.05, 0.1) is 34.6 Å². The van der Waals surface area contributed by atoms with Crippen molar-refractivity contribution in [2.75, 3.05) is 55.7 Å². The minimum atomic E-state index is -0.588. The molecule has 0 saturated carbocycles. The number of carbonyl (C=O) groups excluding carboxylic acids is 2. The summed E-state index contributed by atoms with van der Waals surface area (Å²) in [7, 11) is 0. The Morgan fingerprint density at radius 1 is 0.930 bits per heavy atom. The second-order valence-corrected chi connectivity index (χ2v) is 12.9. The van der Waals surface area contributed by atoms with Gasteiger partial charge in [0, 0.05) is 38.7 Å². The minimum Gasteiger partial charge on any atom is -0.494 e. The molecule has 0 N–H and O–H groups in total. The maximum absolute atomic E-state index is 13.0. The number of benzene rings is 2. The maximum Gasteiger partial charge on any atom is 0.421 e. The van der Waals surface area contributed by atoms with Gasteiger partial charge in [-0.1, -0.05) is 68.9 Å². The van der Waals surface area contributed by atoms with Gasteiger partial charge in [-0.15, -0.1) is 0 Å². The lowest BCUT2D eigenvalue weighted by molar-refractivity contribution is -0.118. The fraction of sp³-hybridized carbons (Fsp3) is 0.588. The van der Waals surface area contributed by atoms with Gasteiger partial charge in [0.2, 0.25) is 5.91 Å². The molecule has 0 aliphatic carbocycles. The van der Waals surface area contributed by atoms with Gasteiger partial charge in [0.25, 0.3) is 0 Å². The van der Waals surface area contributed by atoms with Crippen LogP contribution in [0.5, 0.6) is 5.75 Å². The highest BCUT2D eigenvalue weighted by Gasteiger charge is 2.31. The van der Waals surface area contributed by atoms with E-state index in [1.165, 1.54) is 17.7 Å². The summed E-state index contributed by atoms with van der Waals surface area (Å²) in [6, 6.07) is 11.5. The summed E-state index contributed by atoms with van der Waals surface area (Å²) in [6.07, 6.45) is 6.57.